The molecule has 0 aliphatic carbocycles. The Kier molecular flexibility index (Phi) is 9.29. The van der Waals surface area contributed by atoms with Crippen LogP contribution in [0.4, 0.5) is 0 Å². The lowest BCUT2D eigenvalue weighted by molar-refractivity contribution is 0.172. The molecule has 0 fully saturated rings. The van der Waals surface area contributed by atoms with Crippen molar-refractivity contribution in [2.45, 2.75) is 78.1 Å². The fourth-order valence-electron chi connectivity index (χ4n) is 4.47. The molecule has 2 unspecified atom stereocenters. The van der Waals surface area contributed by atoms with Crippen molar-refractivity contribution in [1.29, 1.82) is 0 Å². The minimum absolute atomic E-state index is 0.233. The standard InChI is InChI=1S/C24H42O4/c1-17(9-11-27-7)15-23(3,4)19-13-22(26)20(14-21(19)25)24(5,6)16-18(2)10-12-28-8/h13-14,17-18,25-26H,9-12,15-16H2,1-8H3. The van der Waals surface area contributed by atoms with E-state index in [4.69, 9.17) is 9.47 Å². The molecule has 0 aliphatic rings. The van der Waals surface area contributed by atoms with Gasteiger partial charge in [0.1, 0.15) is 11.5 Å². The summed E-state index contributed by atoms with van der Waals surface area (Å²) >= 11 is 0. The minimum atomic E-state index is -0.233. The van der Waals surface area contributed by atoms with Gasteiger partial charge in [0, 0.05) is 38.6 Å². The van der Waals surface area contributed by atoms with Gasteiger partial charge in [-0.1, -0.05) is 41.5 Å². The van der Waals surface area contributed by atoms with Gasteiger partial charge in [-0.05, 0) is 60.5 Å². The van der Waals surface area contributed by atoms with Crippen LogP contribution >= 0.6 is 0 Å². The van der Waals surface area contributed by atoms with E-state index in [1.807, 2.05) is 0 Å². The predicted octanol–water partition coefficient (Wildman–Crippen LogP) is 5.78. The molecule has 2 atom stereocenters. The molecule has 0 spiro atoms. The van der Waals surface area contributed by atoms with Gasteiger partial charge < -0.3 is 19.7 Å². The monoisotopic (exact) mass is 394 g/mol. The molecule has 162 valence electrons. The first-order chi connectivity index (χ1) is 12.9. The first-order valence-corrected chi connectivity index (χ1v) is 10.5. The molecule has 0 saturated heterocycles. The van der Waals surface area contributed by atoms with Crippen LogP contribution in [-0.2, 0) is 20.3 Å². The number of hydrogen-bond acceptors (Lipinski definition) is 4. The Labute approximate surface area is 172 Å². The second kappa shape index (κ2) is 10.5. The molecule has 1 aromatic carbocycles. The second-order valence-corrected chi connectivity index (χ2v) is 9.84. The number of aromatic hydroxyl groups is 2. The maximum absolute atomic E-state index is 10.8. The topological polar surface area (TPSA) is 58.9 Å². The SMILES string of the molecule is COCCC(C)CC(C)(C)c1cc(O)c(C(C)(C)CC(C)CCOC)cc1O. The van der Waals surface area contributed by atoms with E-state index in [1.165, 1.54) is 0 Å². The number of ether oxygens (including phenoxy) is 2. The second-order valence-electron chi connectivity index (χ2n) is 9.84. The molecule has 0 amide bonds. The predicted molar refractivity (Wildman–Crippen MR) is 116 cm³/mol. The van der Waals surface area contributed by atoms with Crippen molar-refractivity contribution in [3.05, 3.63) is 23.3 Å². The highest BCUT2D eigenvalue weighted by atomic mass is 16.5. The highest BCUT2D eigenvalue weighted by Crippen LogP contribution is 2.44. The summed E-state index contributed by atoms with van der Waals surface area (Å²) in [6.45, 7) is 14.4. The van der Waals surface area contributed by atoms with Gasteiger partial charge in [-0.25, -0.2) is 0 Å². The van der Waals surface area contributed by atoms with Gasteiger partial charge in [0.2, 0.25) is 0 Å². The van der Waals surface area contributed by atoms with E-state index in [0.29, 0.717) is 11.8 Å². The summed E-state index contributed by atoms with van der Waals surface area (Å²) in [5.41, 5.74) is 1.15. The lowest BCUT2D eigenvalue weighted by atomic mass is 9.73. The average molecular weight is 395 g/mol. The van der Waals surface area contributed by atoms with Crippen molar-refractivity contribution >= 4 is 0 Å². The van der Waals surface area contributed by atoms with Gasteiger partial charge in [-0.15, -0.1) is 0 Å². The van der Waals surface area contributed by atoms with Crippen LogP contribution in [-0.4, -0.2) is 37.6 Å². The van der Waals surface area contributed by atoms with Crippen LogP contribution in [0.15, 0.2) is 12.1 Å². The molecule has 2 N–H and O–H groups in total. The molecular weight excluding hydrogens is 352 g/mol. The van der Waals surface area contributed by atoms with Gasteiger partial charge in [0.25, 0.3) is 0 Å². The maximum Gasteiger partial charge on any atom is 0.119 e. The summed E-state index contributed by atoms with van der Waals surface area (Å²) in [5.74, 6) is 1.48. The third-order valence-electron chi connectivity index (χ3n) is 5.92. The third-order valence-corrected chi connectivity index (χ3v) is 5.92. The van der Waals surface area contributed by atoms with Gasteiger partial charge in [-0.3, -0.25) is 0 Å². The van der Waals surface area contributed by atoms with Crippen molar-refractivity contribution in [3.63, 3.8) is 0 Å². The Morgan fingerprint density at radius 2 is 1.07 bits per heavy atom. The van der Waals surface area contributed by atoms with E-state index in [-0.39, 0.29) is 22.3 Å². The number of methoxy groups -OCH3 is 2. The molecule has 4 heteroatoms. The molecular formula is C24H42O4. The van der Waals surface area contributed by atoms with Crippen molar-refractivity contribution in [2.24, 2.45) is 11.8 Å². The summed E-state index contributed by atoms with van der Waals surface area (Å²) in [5, 5.41) is 21.6. The van der Waals surface area contributed by atoms with E-state index >= 15 is 0 Å². The highest BCUT2D eigenvalue weighted by molar-refractivity contribution is 5.50. The molecule has 0 heterocycles. The lowest BCUT2D eigenvalue weighted by Gasteiger charge is -2.33. The van der Waals surface area contributed by atoms with Crippen LogP contribution < -0.4 is 0 Å². The maximum atomic E-state index is 10.8. The summed E-state index contributed by atoms with van der Waals surface area (Å²) < 4.78 is 10.4. The first-order valence-electron chi connectivity index (χ1n) is 10.5. The van der Waals surface area contributed by atoms with E-state index in [9.17, 15) is 10.2 Å². The van der Waals surface area contributed by atoms with Crippen molar-refractivity contribution in [3.8, 4) is 11.5 Å². The van der Waals surface area contributed by atoms with Gasteiger partial charge >= 0.3 is 0 Å². The molecule has 1 aromatic rings. The first kappa shape index (κ1) is 24.8. The van der Waals surface area contributed by atoms with Crippen LogP contribution in [0.1, 0.15) is 78.4 Å². The molecule has 0 radical (unpaired) electrons. The Balaban J connectivity index is 3.05. The number of hydrogen-bond donors (Lipinski definition) is 2. The zero-order chi connectivity index (χ0) is 21.5. The van der Waals surface area contributed by atoms with Crippen molar-refractivity contribution in [1.82, 2.24) is 0 Å². The zero-order valence-electron chi connectivity index (χ0n) is 19.3. The van der Waals surface area contributed by atoms with Gasteiger partial charge in [0.15, 0.2) is 0 Å². The van der Waals surface area contributed by atoms with E-state index in [1.54, 1.807) is 26.4 Å². The summed E-state index contributed by atoms with van der Waals surface area (Å²) in [7, 11) is 3.44. The minimum Gasteiger partial charge on any atom is -0.508 e. The highest BCUT2D eigenvalue weighted by Gasteiger charge is 2.31. The third kappa shape index (κ3) is 6.97. The van der Waals surface area contributed by atoms with Crippen LogP contribution in [0.5, 0.6) is 11.5 Å². The molecule has 4 nitrogen and oxygen atoms in total. The van der Waals surface area contributed by atoms with Gasteiger partial charge in [0.05, 0.1) is 0 Å². The summed E-state index contributed by atoms with van der Waals surface area (Å²) in [6, 6.07) is 3.55. The quantitative estimate of drug-likeness (QED) is 0.441. The number of phenols is 2. The Hall–Kier alpha value is -1.26. The van der Waals surface area contributed by atoms with Crippen molar-refractivity contribution < 1.29 is 19.7 Å². The smallest absolute Gasteiger partial charge is 0.119 e. The molecule has 28 heavy (non-hydrogen) atoms. The molecule has 0 saturated carbocycles. The fraction of sp³-hybridized carbons (Fsp3) is 0.750. The Bertz CT molecular complexity index is 553. The van der Waals surface area contributed by atoms with E-state index in [0.717, 1.165) is 50.0 Å². The van der Waals surface area contributed by atoms with Crippen LogP contribution in [0.3, 0.4) is 0 Å². The molecule has 0 aliphatic heterocycles. The normalized spacial score (nSPS) is 14.9. The fourth-order valence-corrected chi connectivity index (χ4v) is 4.47. The molecule has 1 rings (SSSR count). The molecule has 0 aromatic heterocycles. The number of benzene rings is 1. The van der Waals surface area contributed by atoms with Crippen molar-refractivity contribution in [2.75, 3.05) is 27.4 Å². The van der Waals surface area contributed by atoms with Crippen LogP contribution in [0.25, 0.3) is 0 Å². The van der Waals surface area contributed by atoms with Gasteiger partial charge in [-0.2, -0.15) is 0 Å². The number of phenolic OH excluding ortho intramolecular Hbond substituents is 2. The Morgan fingerprint density at radius 3 is 1.36 bits per heavy atom. The Morgan fingerprint density at radius 1 is 0.750 bits per heavy atom. The zero-order valence-corrected chi connectivity index (χ0v) is 19.3. The average Bonchev–Trinajstić information content (AvgIpc) is 2.58. The summed E-state index contributed by atoms with van der Waals surface area (Å²) in [4.78, 5) is 0. The van der Waals surface area contributed by atoms with E-state index in [2.05, 4.69) is 41.5 Å². The summed E-state index contributed by atoms with van der Waals surface area (Å²) in [6.07, 6.45) is 3.80. The largest absolute Gasteiger partial charge is 0.508 e. The van der Waals surface area contributed by atoms with Crippen LogP contribution in [0.2, 0.25) is 0 Å². The van der Waals surface area contributed by atoms with Crippen LogP contribution in [0, 0.1) is 11.8 Å². The lowest BCUT2D eigenvalue weighted by Crippen LogP contribution is -2.24. The number of rotatable bonds is 12. The van der Waals surface area contributed by atoms with E-state index < -0.39 is 0 Å². The molecule has 0 bridgehead atoms.